The van der Waals surface area contributed by atoms with E-state index in [1.165, 1.54) is 10.6 Å². The van der Waals surface area contributed by atoms with Gasteiger partial charge in [0.1, 0.15) is 17.4 Å². The number of aliphatic hydroxyl groups is 1. The van der Waals surface area contributed by atoms with E-state index in [1.54, 1.807) is 18.2 Å². The van der Waals surface area contributed by atoms with Crippen LogP contribution in [0.1, 0.15) is 11.1 Å². The summed E-state index contributed by atoms with van der Waals surface area (Å²) in [6, 6.07) is 9.21. The van der Waals surface area contributed by atoms with E-state index in [0.29, 0.717) is 11.6 Å². The number of carboxylic acid groups (broad SMARTS) is 1. The van der Waals surface area contributed by atoms with Crippen LogP contribution < -0.4 is 5.43 Å². The van der Waals surface area contributed by atoms with E-state index in [4.69, 9.17) is 5.11 Å². The highest BCUT2D eigenvalue weighted by Gasteiger charge is 2.16. The second-order valence-corrected chi connectivity index (χ2v) is 5.95. The van der Waals surface area contributed by atoms with Crippen molar-refractivity contribution >= 4 is 28.4 Å². The first kappa shape index (κ1) is 19.0. The summed E-state index contributed by atoms with van der Waals surface area (Å²) >= 11 is 0. The molecule has 142 valence electrons. The van der Waals surface area contributed by atoms with Crippen molar-refractivity contribution in [2.45, 2.75) is 6.54 Å². The second kappa shape index (κ2) is 7.43. The molecular weight excluding hydrogens is 372 g/mol. The topological polar surface area (TPSA) is 96.6 Å². The third-order valence-electron chi connectivity index (χ3n) is 4.09. The molecule has 0 fully saturated rings. The third kappa shape index (κ3) is 3.66. The number of nitrogens with zero attached hydrogens (tertiary/aromatic N) is 1. The standard InChI is InChI=1S/C20H13F2NO5/c21-12-5-6-15(22)11(7-12)9-23-10-14(17(24)8-18(25)20(27)28)19(26)13-3-1-2-4-16(13)23/h1-8,10,24H,9H2,(H,27,28)/b17-8-. The maximum Gasteiger partial charge on any atom is 0.376 e. The van der Waals surface area contributed by atoms with Crippen LogP contribution in [0.15, 0.2) is 59.5 Å². The fraction of sp³-hybridized carbons (Fsp3) is 0.0500. The predicted molar refractivity (Wildman–Crippen MR) is 96.9 cm³/mol. The van der Waals surface area contributed by atoms with Gasteiger partial charge in [0.25, 0.3) is 5.78 Å². The summed E-state index contributed by atoms with van der Waals surface area (Å²) in [6.07, 6.45) is 1.58. The van der Waals surface area contributed by atoms with Crippen LogP contribution in [-0.4, -0.2) is 26.5 Å². The SMILES string of the molecule is O=C(O)C(=O)/C=C(\O)c1cn(Cc2cc(F)ccc2F)c2ccccc2c1=O. The molecule has 8 heteroatoms. The minimum Gasteiger partial charge on any atom is -0.507 e. The van der Waals surface area contributed by atoms with Gasteiger partial charge in [0.15, 0.2) is 5.43 Å². The summed E-state index contributed by atoms with van der Waals surface area (Å²) in [5, 5.41) is 18.9. The monoisotopic (exact) mass is 385 g/mol. The first-order valence-electron chi connectivity index (χ1n) is 8.02. The normalized spacial score (nSPS) is 11.6. The molecule has 6 nitrogen and oxygen atoms in total. The first-order valence-corrected chi connectivity index (χ1v) is 8.02. The molecule has 0 bridgehead atoms. The molecule has 0 saturated carbocycles. The summed E-state index contributed by atoms with van der Waals surface area (Å²) in [7, 11) is 0. The van der Waals surface area contributed by atoms with Crippen LogP contribution >= 0.6 is 0 Å². The number of aliphatic carboxylic acids is 1. The Kier molecular flexibility index (Phi) is 5.04. The smallest absolute Gasteiger partial charge is 0.376 e. The van der Waals surface area contributed by atoms with Gasteiger partial charge in [-0.15, -0.1) is 0 Å². The van der Waals surface area contributed by atoms with Crippen LogP contribution in [0.4, 0.5) is 8.78 Å². The fourth-order valence-corrected chi connectivity index (χ4v) is 2.77. The molecule has 3 aromatic rings. The zero-order chi connectivity index (χ0) is 20.4. The van der Waals surface area contributed by atoms with E-state index >= 15 is 0 Å². The van der Waals surface area contributed by atoms with Crippen molar-refractivity contribution in [1.29, 1.82) is 0 Å². The highest BCUT2D eigenvalue weighted by Crippen LogP contribution is 2.19. The van der Waals surface area contributed by atoms with E-state index in [9.17, 15) is 28.3 Å². The van der Waals surface area contributed by atoms with E-state index in [1.807, 2.05) is 0 Å². The lowest BCUT2D eigenvalue weighted by atomic mass is 10.1. The van der Waals surface area contributed by atoms with Crippen molar-refractivity contribution in [2.75, 3.05) is 0 Å². The Labute approximate surface area is 156 Å². The molecule has 0 atom stereocenters. The van der Waals surface area contributed by atoms with Crippen LogP contribution in [0, 0.1) is 11.6 Å². The largest absolute Gasteiger partial charge is 0.507 e. The Morgan fingerprint density at radius 2 is 1.79 bits per heavy atom. The zero-order valence-electron chi connectivity index (χ0n) is 14.2. The van der Waals surface area contributed by atoms with Gasteiger partial charge >= 0.3 is 5.97 Å². The molecule has 2 N–H and O–H groups in total. The Balaban J connectivity index is 2.21. The number of carbonyl (C=O) groups is 2. The van der Waals surface area contributed by atoms with Crippen LogP contribution in [0.3, 0.4) is 0 Å². The van der Waals surface area contributed by atoms with Crippen molar-refractivity contribution in [1.82, 2.24) is 4.57 Å². The highest BCUT2D eigenvalue weighted by molar-refractivity contribution is 6.38. The van der Waals surface area contributed by atoms with Crippen molar-refractivity contribution in [2.24, 2.45) is 0 Å². The van der Waals surface area contributed by atoms with E-state index in [-0.39, 0.29) is 23.1 Å². The zero-order valence-corrected chi connectivity index (χ0v) is 14.2. The number of rotatable bonds is 5. The maximum atomic E-state index is 14.0. The molecule has 0 radical (unpaired) electrons. The van der Waals surface area contributed by atoms with Crippen LogP contribution in [0.2, 0.25) is 0 Å². The Bertz CT molecular complexity index is 1200. The predicted octanol–water partition coefficient (Wildman–Crippen LogP) is 2.88. The number of carbonyl (C=O) groups excluding carboxylic acids is 1. The van der Waals surface area contributed by atoms with Gasteiger partial charge in [0.05, 0.1) is 17.6 Å². The Morgan fingerprint density at radius 3 is 2.50 bits per heavy atom. The molecule has 28 heavy (non-hydrogen) atoms. The maximum absolute atomic E-state index is 14.0. The highest BCUT2D eigenvalue weighted by atomic mass is 19.1. The first-order chi connectivity index (χ1) is 13.3. The number of hydrogen-bond donors (Lipinski definition) is 2. The van der Waals surface area contributed by atoms with Crippen LogP contribution in [-0.2, 0) is 16.1 Å². The van der Waals surface area contributed by atoms with Gasteiger partial charge in [0.2, 0.25) is 0 Å². The molecule has 0 aliphatic heterocycles. The summed E-state index contributed by atoms with van der Waals surface area (Å²) in [6.45, 7) is -0.169. The average molecular weight is 385 g/mol. The number of fused-ring (bicyclic) bond motifs is 1. The van der Waals surface area contributed by atoms with Crippen molar-refractivity contribution in [3.8, 4) is 0 Å². The quantitative estimate of drug-likeness (QED) is 0.400. The van der Waals surface area contributed by atoms with Gasteiger partial charge in [-0.05, 0) is 30.3 Å². The summed E-state index contributed by atoms with van der Waals surface area (Å²) < 4.78 is 28.9. The molecule has 0 aliphatic carbocycles. The number of carboxylic acids is 1. The number of hydrogen-bond acceptors (Lipinski definition) is 4. The molecule has 0 amide bonds. The number of para-hydroxylation sites is 1. The molecular formula is C20H13F2NO5. The molecule has 2 aromatic carbocycles. The fourth-order valence-electron chi connectivity index (χ4n) is 2.77. The summed E-state index contributed by atoms with van der Waals surface area (Å²) in [4.78, 5) is 34.6. The van der Waals surface area contributed by atoms with Crippen molar-refractivity contribution in [3.63, 3.8) is 0 Å². The third-order valence-corrected chi connectivity index (χ3v) is 4.09. The number of aromatic nitrogens is 1. The second-order valence-electron chi connectivity index (χ2n) is 5.95. The molecule has 0 aliphatic rings. The number of ketones is 1. The minimum absolute atomic E-state index is 0.00448. The van der Waals surface area contributed by atoms with Gasteiger partial charge in [-0.2, -0.15) is 0 Å². The van der Waals surface area contributed by atoms with Crippen LogP contribution in [0.25, 0.3) is 16.7 Å². The lowest BCUT2D eigenvalue weighted by Gasteiger charge is -2.14. The molecule has 1 heterocycles. The number of aliphatic hydroxyl groups excluding tert-OH is 1. The van der Waals surface area contributed by atoms with Crippen LogP contribution in [0.5, 0.6) is 0 Å². The van der Waals surface area contributed by atoms with Gasteiger partial charge in [-0.3, -0.25) is 9.59 Å². The summed E-state index contributed by atoms with van der Waals surface area (Å²) in [5.41, 5.74) is -0.592. The minimum atomic E-state index is -1.80. The molecule has 0 unspecified atom stereocenters. The number of benzene rings is 2. The van der Waals surface area contributed by atoms with Gasteiger partial charge in [-0.1, -0.05) is 12.1 Å². The average Bonchev–Trinajstić information content (AvgIpc) is 2.66. The Morgan fingerprint density at radius 1 is 1.07 bits per heavy atom. The lowest BCUT2D eigenvalue weighted by molar-refractivity contribution is -0.146. The van der Waals surface area contributed by atoms with Gasteiger partial charge in [0, 0.05) is 23.2 Å². The number of pyridine rings is 1. The molecule has 0 spiro atoms. The van der Waals surface area contributed by atoms with E-state index in [2.05, 4.69) is 0 Å². The molecule has 1 aromatic heterocycles. The lowest BCUT2D eigenvalue weighted by Crippen LogP contribution is -2.17. The number of halogens is 2. The van der Waals surface area contributed by atoms with Gasteiger partial charge in [-0.25, -0.2) is 13.6 Å². The Hall–Kier alpha value is -3.81. The van der Waals surface area contributed by atoms with Crippen molar-refractivity contribution < 1.29 is 28.6 Å². The molecule has 3 rings (SSSR count). The molecule has 0 saturated heterocycles. The van der Waals surface area contributed by atoms with Crippen molar-refractivity contribution in [3.05, 3.63) is 87.7 Å². The van der Waals surface area contributed by atoms with E-state index in [0.717, 1.165) is 24.4 Å². The van der Waals surface area contributed by atoms with E-state index < -0.39 is 34.6 Å². The summed E-state index contributed by atoms with van der Waals surface area (Å²) in [5.74, 6) is -5.35. The van der Waals surface area contributed by atoms with Gasteiger partial charge < -0.3 is 14.8 Å².